The highest BCUT2D eigenvalue weighted by Gasteiger charge is 2.34. The zero-order valence-electron chi connectivity index (χ0n) is 12.9. The van der Waals surface area contributed by atoms with Gasteiger partial charge < -0.3 is 14.7 Å². The zero-order valence-corrected chi connectivity index (χ0v) is 14.4. The molecule has 1 aromatic carbocycles. The Bertz CT molecular complexity index is 792. The molecule has 1 aliphatic rings. The molecule has 8 heteroatoms. The number of halogens is 1. The number of nitrogens with zero attached hydrogens (tertiary/aromatic N) is 2. The SMILES string of the molecule is Cc1nc(-c2cccc(Cl)c2)sc1C(=O)N1CCOCC1C(=O)O. The summed E-state index contributed by atoms with van der Waals surface area (Å²) in [7, 11) is 0. The Kier molecular flexibility index (Phi) is 4.84. The van der Waals surface area contributed by atoms with E-state index in [9.17, 15) is 14.7 Å². The maximum Gasteiger partial charge on any atom is 0.328 e. The van der Waals surface area contributed by atoms with Crippen molar-refractivity contribution >= 4 is 34.8 Å². The number of aliphatic carboxylic acids is 1. The summed E-state index contributed by atoms with van der Waals surface area (Å²) in [6.45, 7) is 2.32. The lowest BCUT2D eigenvalue weighted by Gasteiger charge is -2.32. The van der Waals surface area contributed by atoms with Gasteiger partial charge in [-0.1, -0.05) is 23.7 Å². The highest BCUT2D eigenvalue weighted by Crippen LogP contribution is 2.30. The highest BCUT2D eigenvalue weighted by atomic mass is 35.5. The first-order valence-corrected chi connectivity index (χ1v) is 8.51. The van der Waals surface area contributed by atoms with E-state index >= 15 is 0 Å². The van der Waals surface area contributed by atoms with Gasteiger partial charge in [-0.05, 0) is 19.1 Å². The van der Waals surface area contributed by atoms with Crippen LogP contribution in [0.15, 0.2) is 24.3 Å². The number of rotatable bonds is 3. The van der Waals surface area contributed by atoms with Crippen LogP contribution < -0.4 is 0 Å². The van der Waals surface area contributed by atoms with Crippen LogP contribution in [0.25, 0.3) is 10.6 Å². The molecule has 0 radical (unpaired) electrons. The molecule has 1 saturated heterocycles. The summed E-state index contributed by atoms with van der Waals surface area (Å²) < 4.78 is 5.18. The van der Waals surface area contributed by atoms with Crippen LogP contribution in [-0.4, -0.2) is 52.7 Å². The third kappa shape index (κ3) is 3.28. The molecule has 1 fully saturated rings. The molecule has 3 rings (SSSR count). The molecule has 1 atom stereocenters. The van der Waals surface area contributed by atoms with Crippen LogP contribution in [-0.2, 0) is 9.53 Å². The quantitative estimate of drug-likeness (QED) is 0.903. The Morgan fingerprint density at radius 1 is 1.46 bits per heavy atom. The van der Waals surface area contributed by atoms with Crippen molar-refractivity contribution in [3.63, 3.8) is 0 Å². The molecule has 6 nitrogen and oxygen atoms in total. The van der Waals surface area contributed by atoms with E-state index in [1.807, 2.05) is 12.1 Å². The average Bonchev–Trinajstić information content (AvgIpc) is 2.96. The second-order valence-corrected chi connectivity index (χ2v) is 6.81. The molecule has 0 saturated carbocycles. The lowest BCUT2D eigenvalue weighted by Crippen LogP contribution is -2.52. The Morgan fingerprint density at radius 2 is 2.25 bits per heavy atom. The van der Waals surface area contributed by atoms with Crippen LogP contribution >= 0.6 is 22.9 Å². The number of amides is 1. The van der Waals surface area contributed by atoms with E-state index in [2.05, 4.69) is 4.98 Å². The van der Waals surface area contributed by atoms with Crippen molar-refractivity contribution in [2.45, 2.75) is 13.0 Å². The molecule has 1 aromatic heterocycles. The van der Waals surface area contributed by atoms with Crippen molar-refractivity contribution in [3.05, 3.63) is 39.9 Å². The average molecular weight is 367 g/mol. The van der Waals surface area contributed by atoms with Crippen molar-refractivity contribution in [3.8, 4) is 10.6 Å². The molecule has 24 heavy (non-hydrogen) atoms. The van der Waals surface area contributed by atoms with Crippen molar-refractivity contribution in [2.75, 3.05) is 19.8 Å². The van der Waals surface area contributed by atoms with Crippen molar-refractivity contribution < 1.29 is 19.4 Å². The minimum Gasteiger partial charge on any atom is -0.480 e. The summed E-state index contributed by atoms with van der Waals surface area (Å²) in [6.07, 6.45) is 0. The van der Waals surface area contributed by atoms with E-state index in [0.29, 0.717) is 27.2 Å². The summed E-state index contributed by atoms with van der Waals surface area (Å²) in [5.41, 5.74) is 1.40. The van der Waals surface area contributed by atoms with E-state index < -0.39 is 12.0 Å². The molecule has 2 heterocycles. The molecule has 1 amide bonds. The van der Waals surface area contributed by atoms with Crippen LogP contribution in [0.4, 0.5) is 0 Å². The molecular weight excluding hydrogens is 352 g/mol. The third-order valence-corrected chi connectivity index (χ3v) is 5.17. The first-order valence-electron chi connectivity index (χ1n) is 7.32. The van der Waals surface area contributed by atoms with Crippen LogP contribution in [0.2, 0.25) is 5.02 Å². The van der Waals surface area contributed by atoms with Crippen LogP contribution in [0.1, 0.15) is 15.4 Å². The fraction of sp³-hybridized carbons (Fsp3) is 0.312. The lowest BCUT2D eigenvalue weighted by molar-refractivity contribution is -0.147. The molecule has 1 aliphatic heterocycles. The predicted octanol–water partition coefficient (Wildman–Crippen LogP) is 2.70. The Labute approximate surface area is 147 Å². The van der Waals surface area contributed by atoms with Gasteiger partial charge in [0.05, 0.1) is 18.9 Å². The standard InChI is InChI=1S/C16H15ClN2O4S/c1-9-13(15(20)19-5-6-23-8-12(19)16(21)22)24-14(18-9)10-3-2-4-11(17)7-10/h2-4,7,12H,5-6,8H2,1H3,(H,21,22). The maximum atomic E-state index is 12.8. The first kappa shape index (κ1) is 16.9. The second kappa shape index (κ2) is 6.88. The van der Waals surface area contributed by atoms with E-state index in [1.54, 1.807) is 19.1 Å². The highest BCUT2D eigenvalue weighted by molar-refractivity contribution is 7.17. The normalized spacial score (nSPS) is 17.8. The number of ether oxygens (including phenoxy) is 1. The smallest absolute Gasteiger partial charge is 0.328 e. The molecule has 0 bridgehead atoms. The Morgan fingerprint density at radius 3 is 2.96 bits per heavy atom. The number of hydrogen-bond acceptors (Lipinski definition) is 5. The number of carboxylic acids is 1. The van der Waals surface area contributed by atoms with Crippen LogP contribution in [0.3, 0.4) is 0 Å². The summed E-state index contributed by atoms with van der Waals surface area (Å²) in [6, 6.07) is 6.26. The minimum atomic E-state index is -1.07. The van der Waals surface area contributed by atoms with E-state index in [4.69, 9.17) is 16.3 Å². The second-order valence-electron chi connectivity index (χ2n) is 5.37. The van der Waals surface area contributed by atoms with Crippen LogP contribution in [0.5, 0.6) is 0 Å². The monoisotopic (exact) mass is 366 g/mol. The number of benzene rings is 1. The van der Waals surface area contributed by atoms with Crippen molar-refractivity contribution in [2.24, 2.45) is 0 Å². The zero-order chi connectivity index (χ0) is 17.3. The fourth-order valence-corrected chi connectivity index (χ4v) is 3.73. The molecule has 0 aliphatic carbocycles. The molecule has 0 spiro atoms. The fourth-order valence-electron chi connectivity index (χ4n) is 2.52. The van der Waals surface area contributed by atoms with Gasteiger partial charge in [-0.2, -0.15) is 0 Å². The van der Waals surface area contributed by atoms with Crippen molar-refractivity contribution in [1.82, 2.24) is 9.88 Å². The number of hydrogen-bond donors (Lipinski definition) is 1. The van der Waals surface area contributed by atoms with Gasteiger partial charge in [0.15, 0.2) is 6.04 Å². The Balaban J connectivity index is 1.92. The number of carbonyl (C=O) groups is 2. The van der Waals surface area contributed by atoms with E-state index in [0.717, 1.165) is 5.56 Å². The Hall–Kier alpha value is -1.96. The molecular formula is C16H15ClN2O4S. The summed E-state index contributed by atoms with van der Waals surface area (Å²) in [5, 5.41) is 10.6. The van der Waals surface area contributed by atoms with Gasteiger partial charge >= 0.3 is 5.97 Å². The van der Waals surface area contributed by atoms with Crippen LogP contribution in [0, 0.1) is 6.92 Å². The van der Waals surface area contributed by atoms with Crippen molar-refractivity contribution in [1.29, 1.82) is 0 Å². The van der Waals surface area contributed by atoms with Gasteiger partial charge in [-0.3, -0.25) is 4.79 Å². The number of carbonyl (C=O) groups excluding carboxylic acids is 1. The largest absolute Gasteiger partial charge is 0.480 e. The number of morpholine rings is 1. The predicted molar refractivity (Wildman–Crippen MR) is 90.6 cm³/mol. The maximum absolute atomic E-state index is 12.8. The molecule has 1 unspecified atom stereocenters. The number of aromatic nitrogens is 1. The number of carboxylic acid groups (broad SMARTS) is 1. The minimum absolute atomic E-state index is 0.0000745. The molecule has 126 valence electrons. The van der Waals surface area contributed by atoms with E-state index in [1.165, 1.54) is 16.2 Å². The van der Waals surface area contributed by atoms with Gasteiger partial charge in [0.25, 0.3) is 5.91 Å². The third-order valence-electron chi connectivity index (χ3n) is 3.74. The summed E-state index contributed by atoms with van der Waals surface area (Å²) in [4.78, 5) is 30.4. The molecule has 2 aromatic rings. The number of thiazole rings is 1. The van der Waals surface area contributed by atoms with Gasteiger partial charge in [0, 0.05) is 17.1 Å². The molecule has 1 N–H and O–H groups in total. The van der Waals surface area contributed by atoms with Gasteiger partial charge in [-0.25, -0.2) is 9.78 Å². The van der Waals surface area contributed by atoms with Gasteiger partial charge in [-0.15, -0.1) is 11.3 Å². The van der Waals surface area contributed by atoms with Gasteiger partial charge in [0.1, 0.15) is 9.88 Å². The first-order chi connectivity index (χ1) is 11.5. The summed E-state index contributed by atoms with van der Waals surface area (Å²) in [5.74, 6) is -1.39. The van der Waals surface area contributed by atoms with Gasteiger partial charge in [0.2, 0.25) is 0 Å². The topological polar surface area (TPSA) is 79.7 Å². The summed E-state index contributed by atoms with van der Waals surface area (Å²) >= 11 is 7.24. The number of aryl methyl sites for hydroxylation is 1. The lowest BCUT2D eigenvalue weighted by atomic mass is 10.2. The van der Waals surface area contributed by atoms with E-state index in [-0.39, 0.29) is 19.1 Å².